The van der Waals surface area contributed by atoms with Crippen molar-refractivity contribution in [1.82, 2.24) is 14.4 Å². The largest absolute Gasteiger partial charge is 0.341 e. The first kappa shape index (κ1) is 21.3. The van der Waals surface area contributed by atoms with Crippen LogP contribution in [0, 0.1) is 13.8 Å². The van der Waals surface area contributed by atoms with E-state index in [4.69, 9.17) is 0 Å². The molecule has 0 saturated carbocycles. The lowest BCUT2D eigenvalue weighted by Gasteiger charge is -2.27. The van der Waals surface area contributed by atoms with Crippen molar-refractivity contribution in [3.8, 4) is 0 Å². The molecule has 0 N–H and O–H groups in total. The van der Waals surface area contributed by atoms with Gasteiger partial charge in [-0.2, -0.15) is 0 Å². The van der Waals surface area contributed by atoms with Crippen LogP contribution in [-0.2, 0) is 11.3 Å². The van der Waals surface area contributed by atoms with Crippen LogP contribution in [-0.4, -0.2) is 45.8 Å². The van der Waals surface area contributed by atoms with Crippen molar-refractivity contribution in [3.63, 3.8) is 0 Å². The number of pyridine rings is 1. The molecule has 1 aromatic carbocycles. The molecule has 2 aromatic rings. The van der Waals surface area contributed by atoms with E-state index in [1.54, 1.807) is 12.3 Å². The number of aryl methyl sites for hydroxylation is 2. The van der Waals surface area contributed by atoms with Gasteiger partial charge in [0.15, 0.2) is 0 Å². The number of amides is 2. The maximum Gasteiger partial charge on any atom is 0.255 e. The Morgan fingerprint density at radius 3 is 2.45 bits per heavy atom. The second-order valence-corrected chi connectivity index (χ2v) is 8.83. The Hall–Kier alpha value is -2.89. The molecule has 0 aliphatic carbocycles. The Bertz CT molecular complexity index is 1040. The first-order valence-corrected chi connectivity index (χ1v) is 11.3. The topological polar surface area (TPSA) is 62.6 Å². The van der Waals surface area contributed by atoms with Crippen molar-refractivity contribution >= 4 is 11.8 Å². The zero-order valence-electron chi connectivity index (χ0n) is 18.5. The molecule has 4 rings (SSSR count). The maximum absolute atomic E-state index is 13.3. The predicted octanol–water partition coefficient (Wildman–Crippen LogP) is 3.45. The molecule has 0 radical (unpaired) electrons. The van der Waals surface area contributed by atoms with Crippen LogP contribution in [0.5, 0.6) is 0 Å². The molecule has 1 atom stereocenters. The Morgan fingerprint density at radius 1 is 0.935 bits per heavy atom. The summed E-state index contributed by atoms with van der Waals surface area (Å²) in [5.74, 6) is -0.138. The van der Waals surface area contributed by atoms with E-state index < -0.39 is 0 Å². The zero-order chi connectivity index (χ0) is 22.0. The molecule has 2 aliphatic heterocycles. The molecule has 0 spiro atoms. The highest BCUT2D eigenvalue weighted by Crippen LogP contribution is 2.33. The van der Waals surface area contributed by atoms with E-state index in [9.17, 15) is 14.4 Å². The van der Waals surface area contributed by atoms with Gasteiger partial charge in [-0.1, -0.05) is 18.2 Å². The standard InChI is InChI=1S/C25H31N3O3/c1-18-8-9-20(15-19(18)2)22-7-6-14-28(22)25(31)21-10-11-23(29)27(16-21)17-24(30)26-12-4-3-5-13-26/h8-11,15-16,22H,3-7,12-14,17H2,1-2H3/t22-/m1/s1. The van der Waals surface area contributed by atoms with Crippen LogP contribution in [0.4, 0.5) is 0 Å². The van der Waals surface area contributed by atoms with Crippen LogP contribution >= 0.6 is 0 Å². The highest BCUT2D eigenvalue weighted by molar-refractivity contribution is 5.94. The molecule has 0 unspecified atom stereocenters. The number of piperidine rings is 1. The molecule has 2 amide bonds. The van der Waals surface area contributed by atoms with Crippen LogP contribution in [0.3, 0.4) is 0 Å². The van der Waals surface area contributed by atoms with Gasteiger partial charge in [0.1, 0.15) is 6.54 Å². The van der Waals surface area contributed by atoms with Crippen molar-refractivity contribution in [2.24, 2.45) is 0 Å². The minimum atomic E-state index is -0.256. The van der Waals surface area contributed by atoms with E-state index in [1.807, 2.05) is 9.80 Å². The summed E-state index contributed by atoms with van der Waals surface area (Å²) in [7, 11) is 0. The van der Waals surface area contributed by atoms with Gasteiger partial charge in [-0.05, 0) is 68.7 Å². The zero-order valence-corrected chi connectivity index (χ0v) is 18.5. The third-order valence-electron chi connectivity index (χ3n) is 6.67. The number of nitrogens with zero attached hydrogens (tertiary/aromatic N) is 3. The van der Waals surface area contributed by atoms with Gasteiger partial charge < -0.3 is 14.4 Å². The third kappa shape index (κ3) is 4.58. The van der Waals surface area contributed by atoms with Crippen molar-refractivity contribution in [2.75, 3.05) is 19.6 Å². The number of hydrogen-bond acceptors (Lipinski definition) is 3. The molecular formula is C25H31N3O3. The number of carbonyl (C=O) groups is 2. The van der Waals surface area contributed by atoms with E-state index in [-0.39, 0.29) is 30.0 Å². The highest BCUT2D eigenvalue weighted by atomic mass is 16.2. The summed E-state index contributed by atoms with van der Waals surface area (Å²) in [6.07, 6.45) is 6.60. The van der Waals surface area contributed by atoms with Gasteiger partial charge in [0.25, 0.3) is 11.5 Å². The number of likely N-dealkylation sites (tertiary alicyclic amines) is 2. The second kappa shape index (κ2) is 9.08. The SMILES string of the molecule is Cc1ccc([C@H]2CCCN2C(=O)c2ccc(=O)n(CC(=O)N3CCCCC3)c2)cc1C. The first-order valence-electron chi connectivity index (χ1n) is 11.3. The van der Waals surface area contributed by atoms with E-state index in [2.05, 4.69) is 32.0 Å². The summed E-state index contributed by atoms with van der Waals surface area (Å²) in [6.45, 7) is 6.36. The van der Waals surface area contributed by atoms with Crippen LogP contribution in [0.15, 0.2) is 41.3 Å². The summed E-state index contributed by atoms with van der Waals surface area (Å²) in [4.78, 5) is 42.1. The lowest BCUT2D eigenvalue weighted by Crippen LogP contribution is -2.39. The predicted molar refractivity (Wildman–Crippen MR) is 120 cm³/mol. The second-order valence-electron chi connectivity index (χ2n) is 8.83. The van der Waals surface area contributed by atoms with E-state index >= 15 is 0 Å². The molecule has 0 bridgehead atoms. The Balaban J connectivity index is 1.53. The first-order chi connectivity index (χ1) is 14.9. The fourth-order valence-electron chi connectivity index (χ4n) is 4.66. The smallest absolute Gasteiger partial charge is 0.255 e. The summed E-state index contributed by atoms with van der Waals surface area (Å²) in [5.41, 5.74) is 3.82. The van der Waals surface area contributed by atoms with E-state index in [1.165, 1.54) is 21.8 Å². The van der Waals surface area contributed by atoms with Crippen LogP contribution in [0.2, 0.25) is 0 Å². The summed E-state index contributed by atoms with van der Waals surface area (Å²) < 4.78 is 1.38. The number of aromatic nitrogens is 1. The summed E-state index contributed by atoms with van der Waals surface area (Å²) in [5, 5.41) is 0. The van der Waals surface area contributed by atoms with Gasteiger partial charge in [-0.3, -0.25) is 14.4 Å². The Kier molecular flexibility index (Phi) is 6.25. The van der Waals surface area contributed by atoms with Crippen LogP contribution < -0.4 is 5.56 Å². The molecule has 2 fully saturated rings. The summed E-state index contributed by atoms with van der Waals surface area (Å²) in [6, 6.07) is 9.42. The van der Waals surface area contributed by atoms with Crippen LogP contribution in [0.25, 0.3) is 0 Å². The van der Waals surface area contributed by atoms with E-state index in [0.717, 1.165) is 50.8 Å². The molecule has 6 heteroatoms. The van der Waals surface area contributed by atoms with Gasteiger partial charge >= 0.3 is 0 Å². The maximum atomic E-state index is 13.3. The van der Waals surface area contributed by atoms with Gasteiger partial charge in [0, 0.05) is 31.9 Å². The van der Waals surface area contributed by atoms with Crippen molar-refractivity contribution in [1.29, 1.82) is 0 Å². The highest BCUT2D eigenvalue weighted by Gasteiger charge is 2.31. The normalized spacial score (nSPS) is 19.0. The third-order valence-corrected chi connectivity index (χ3v) is 6.67. The lowest BCUT2D eigenvalue weighted by molar-refractivity contribution is -0.132. The van der Waals surface area contributed by atoms with Gasteiger partial charge in [0.05, 0.1) is 11.6 Å². The minimum absolute atomic E-state index is 0.0134. The minimum Gasteiger partial charge on any atom is -0.341 e. The fraction of sp³-hybridized carbons (Fsp3) is 0.480. The summed E-state index contributed by atoms with van der Waals surface area (Å²) >= 11 is 0. The quantitative estimate of drug-likeness (QED) is 0.760. The monoisotopic (exact) mass is 421 g/mol. The van der Waals surface area contributed by atoms with Crippen LogP contribution in [0.1, 0.15) is 65.2 Å². The van der Waals surface area contributed by atoms with Crippen molar-refractivity contribution < 1.29 is 9.59 Å². The van der Waals surface area contributed by atoms with Gasteiger partial charge in [-0.15, -0.1) is 0 Å². The number of carbonyl (C=O) groups excluding carboxylic acids is 2. The Morgan fingerprint density at radius 2 is 1.71 bits per heavy atom. The molecule has 2 saturated heterocycles. The molecule has 164 valence electrons. The molecule has 6 nitrogen and oxygen atoms in total. The average molecular weight is 422 g/mol. The van der Waals surface area contributed by atoms with Crippen molar-refractivity contribution in [2.45, 2.75) is 58.5 Å². The fourth-order valence-corrected chi connectivity index (χ4v) is 4.66. The van der Waals surface area contributed by atoms with E-state index in [0.29, 0.717) is 12.1 Å². The molecule has 1 aromatic heterocycles. The molecule has 31 heavy (non-hydrogen) atoms. The number of hydrogen-bond donors (Lipinski definition) is 0. The number of rotatable bonds is 4. The Labute approximate surface area is 183 Å². The molecule has 2 aliphatic rings. The molecule has 3 heterocycles. The van der Waals surface area contributed by atoms with Crippen molar-refractivity contribution in [3.05, 3.63) is 69.1 Å². The average Bonchev–Trinajstić information content (AvgIpc) is 3.27. The van der Waals surface area contributed by atoms with Gasteiger partial charge in [-0.25, -0.2) is 0 Å². The lowest BCUT2D eigenvalue weighted by atomic mass is 9.99. The molecular weight excluding hydrogens is 390 g/mol. The number of benzene rings is 1. The van der Waals surface area contributed by atoms with Gasteiger partial charge in [0.2, 0.25) is 5.91 Å².